The van der Waals surface area contributed by atoms with Gasteiger partial charge in [0.15, 0.2) is 0 Å². The van der Waals surface area contributed by atoms with Gasteiger partial charge in [-0.3, -0.25) is 10.1 Å². The zero-order valence-electron chi connectivity index (χ0n) is 13.5. The number of anilines is 2. The fourth-order valence-electron chi connectivity index (χ4n) is 2.90. The Kier molecular flexibility index (Phi) is 4.21. The van der Waals surface area contributed by atoms with Crippen molar-refractivity contribution in [2.75, 3.05) is 10.6 Å². The molecular formula is C16H14ClN7O2. The number of nitrogens with one attached hydrogen (secondary N) is 2. The van der Waals surface area contributed by atoms with Gasteiger partial charge in [0, 0.05) is 23.7 Å². The zero-order valence-corrected chi connectivity index (χ0v) is 14.2. The molecule has 3 aromatic rings. The molecule has 10 heteroatoms. The van der Waals surface area contributed by atoms with Crippen LogP contribution >= 0.6 is 11.6 Å². The number of rotatable bonds is 5. The largest absolute Gasteiger partial charge is 0.361 e. The Morgan fingerprint density at radius 3 is 2.69 bits per heavy atom. The summed E-state index contributed by atoms with van der Waals surface area (Å²) in [6.07, 6.45) is 4.50. The van der Waals surface area contributed by atoms with E-state index >= 15 is 0 Å². The first-order chi connectivity index (χ1) is 12.6. The van der Waals surface area contributed by atoms with Gasteiger partial charge >= 0.3 is 5.69 Å². The summed E-state index contributed by atoms with van der Waals surface area (Å²) in [6.45, 7) is 0. The molecule has 1 saturated carbocycles. The lowest BCUT2D eigenvalue weighted by Crippen LogP contribution is -2.44. The van der Waals surface area contributed by atoms with E-state index in [1.807, 2.05) is 24.3 Å². The summed E-state index contributed by atoms with van der Waals surface area (Å²) in [7, 11) is 0. The van der Waals surface area contributed by atoms with E-state index in [1.54, 1.807) is 6.20 Å². The lowest BCUT2D eigenvalue weighted by atomic mass is 9.87. The number of halogens is 1. The highest BCUT2D eigenvalue weighted by atomic mass is 35.5. The van der Waals surface area contributed by atoms with Crippen molar-refractivity contribution in [3.05, 3.63) is 52.1 Å². The molecular weight excluding hydrogens is 358 g/mol. The Hall–Kier alpha value is -3.07. The van der Waals surface area contributed by atoms with Crippen LogP contribution in [0.4, 0.5) is 17.5 Å². The molecule has 2 heterocycles. The van der Waals surface area contributed by atoms with Crippen molar-refractivity contribution in [3.8, 4) is 0 Å². The van der Waals surface area contributed by atoms with Crippen LogP contribution in [-0.4, -0.2) is 36.9 Å². The molecule has 1 aromatic carbocycles. The Bertz CT molecular complexity index is 978. The highest BCUT2D eigenvalue weighted by molar-refractivity contribution is 6.31. The maximum absolute atomic E-state index is 11.1. The van der Waals surface area contributed by atoms with E-state index in [1.165, 1.54) is 6.33 Å². The predicted molar refractivity (Wildman–Crippen MR) is 97.3 cm³/mol. The fraction of sp³-hybridized carbons (Fsp3) is 0.250. The van der Waals surface area contributed by atoms with Crippen molar-refractivity contribution in [1.82, 2.24) is 19.9 Å². The molecule has 0 atom stereocenters. The summed E-state index contributed by atoms with van der Waals surface area (Å²) < 4.78 is 0. The van der Waals surface area contributed by atoms with E-state index in [0.717, 1.165) is 23.7 Å². The maximum atomic E-state index is 11.1. The molecule has 132 valence electrons. The van der Waals surface area contributed by atoms with Crippen LogP contribution in [0.5, 0.6) is 0 Å². The van der Waals surface area contributed by atoms with Crippen molar-refractivity contribution in [3.63, 3.8) is 0 Å². The molecule has 26 heavy (non-hydrogen) atoms. The average molecular weight is 372 g/mol. The highest BCUT2D eigenvalue weighted by Crippen LogP contribution is 2.32. The molecule has 0 radical (unpaired) electrons. The molecule has 0 saturated heterocycles. The van der Waals surface area contributed by atoms with Crippen molar-refractivity contribution < 1.29 is 4.92 Å². The fourth-order valence-corrected chi connectivity index (χ4v) is 3.10. The molecule has 0 aliphatic heterocycles. The van der Waals surface area contributed by atoms with Gasteiger partial charge in [-0.25, -0.2) is 19.9 Å². The Morgan fingerprint density at radius 1 is 1.12 bits per heavy atom. The van der Waals surface area contributed by atoms with Crippen LogP contribution in [0.15, 0.2) is 36.8 Å². The molecule has 1 aliphatic rings. The number of hydrogen-bond donors (Lipinski definition) is 2. The number of para-hydroxylation sites is 1. The predicted octanol–water partition coefficient (Wildman–Crippen LogP) is 3.04. The number of fused-ring (bicyclic) bond motifs is 1. The van der Waals surface area contributed by atoms with Gasteiger partial charge in [0.25, 0.3) is 0 Å². The summed E-state index contributed by atoms with van der Waals surface area (Å²) in [5.41, 5.74) is 0.577. The van der Waals surface area contributed by atoms with E-state index in [2.05, 4.69) is 30.6 Å². The Balaban J connectivity index is 1.38. The van der Waals surface area contributed by atoms with Crippen molar-refractivity contribution in [1.29, 1.82) is 0 Å². The number of nitrogens with zero attached hydrogens (tertiary/aromatic N) is 5. The zero-order chi connectivity index (χ0) is 18.1. The smallest absolute Gasteiger partial charge is 0.348 e. The minimum absolute atomic E-state index is 0.0534. The van der Waals surface area contributed by atoms with Gasteiger partial charge < -0.3 is 10.6 Å². The minimum Gasteiger partial charge on any atom is -0.361 e. The molecule has 0 spiro atoms. The number of aromatic nitrogens is 4. The van der Waals surface area contributed by atoms with E-state index in [9.17, 15) is 10.1 Å². The van der Waals surface area contributed by atoms with Crippen LogP contribution in [0.25, 0.3) is 10.9 Å². The SMILES string of the molecule is O=[N+]([O-])c1c(Cl)ncnc1NC1CC(Nc2ncc3ccccc3n2)C1. The van der Waals surface area contributed by atoms with Gasteiger partial charge in [0.2, 0.25) is 16.9 Å². The first kappa shape index (κ1) is 16.4. The lowest BCUT2D eigenvalue weighted by molar-refractivity contribution is -0.384. The van der Waals surface area contributed by atoms with Crippen molar-refractivity contribution in [2.45, 2.75) is 24.9 Å². The molecule has 2 aromatic heterocycles. The molecule has 0 bridgehead atoms. The molecule has 9 nitrogen and oxygen atoms in total. The second kappa shape index (κ2) is 6.68. The highest BCUT2D eigenvalue weighted by Gasteiger charge is 2.32. The van der Waals surface area contributed by atoms with Crippen LogP contribution in [0, 0.1) is 10.1 Å². The molecule has 2 N–H and O–H groups in total. The number of hydrogen-bond acceptors (Lipinski definition) is 8. The van der Waals surface area contributed by atoms with Gasteiger partial charge in [-0.2, -0.15) is 0 Å². The summed E-state index contributed by atoms with van der Waals surface area (Å²) in [5.74, 6) is 0.712. The number of benzene rings is 1. The topological polar surface area (TPSA) is 119 Å². The second-order valence-corrected chi connectivity index (χ2v) is 6.38. The molecule has 0 unspecified atom stereocenters. The average Bonchev–Trinajstić information content (AvgIpc) is 2.59. The van der Waals surface area contributed by atoms with Crippen molar-refractivity contribution in [2.24, 2.45) is 0 Å². The Morgan fingerprint density at radius 2 is 1.88 bits per heavy atom. The molecule has 1 fully saturated rings. The van der Waals surface area contributed by atoms with Crippen LogP contribution < -0.4 is 10.6 Å². The number of nitro groups is 1. The maximum Gasteiger partial charge on any atom is 0.348 e. The van der Waals surface area contributed by atoms with Gasteiger partial charge in [-0.15, -0.1) is 0 Å². The molecule has 0 amide bonds. The van der Waals surface area contributed by atoms with Crippen LogP contribution in [0.1, 0.15) is 12.8 Å². The summed E-state index contributed by atoms with van der Waals surface area (Å²) >= 11 is 5.79. The third kappa shape index (κ3) is 3.21. The van der Waals surface area contributed by atoms with Gasteiger partial charge in [0.05, 0.1) is 10.4 Å². The molecule has 4 rings (SSSR count). The monoisotopic (exact) mass is 371 g/mol. The third-order valence-corrected chi connectivity index (χ3v) is 4.54. The second-order valence-electron chi connectivity index (χ2n) is 6.03. The molecule has 1 aliphatic carbocycles. The van der Waals surface area contributed by atoms with Gasteiger partial charge in [0.1, 0.15) is 6.33 Å². The standard InChI is InChI=1S/C16H14ClN7O2/c17-14-13(24(25)26)15(20-8-19-14)21-10-5-11(6-10)22-16-18-7-9-3-1-2-4-12(9)23-16/h1-4,7-8,10-11H,5-6H2,(H,18,22,23)(H,19,20,21). The van der Waals surface area contributed by atoms with E-state index in [-0.39, 0.29) is 28.7 Å². The van der Waals surface area contributed by atoms with Gasteiger partial charge in [-0.05, 0) is 18.9 Å². The quantitative estimate of drug-likeness (QED) is 0.399. The van der Waals surface area contributed by atoms with Crippen molar-refractivity contribution >= 4 is 40.0 Å². The van der Waals surface area contributed by atoms with E-state index in [4.69, 9.17) is 11.6 Å². The van der Waals surface area contributed by atoms with Crippen LogP contribution in [0.3, 0.4) is 0 Å². The summed E-state index contributed by atoms with van der Waals surface area (Å²) in [6, 6.07) is 8.01. The van der Waals surface area contributed by atoms with Crippen LogP contribution in [0.2, 0.25) is 5.15 Å². The first-order valence-electron chi connectivity index (χ1n) is 8.00. The van der Waals surface area contributed by atoms with E-state index in [0.29, 0.717) is 5.95 Å². The summed E-state index contributed by atoms with van der Waals surface area (Å²) in [4.78, 5) is 26.9. The summed E-state index contributed by atoms with van der Waals surface area (Å²) in [5, 5.41) is 18.3. The lowest BCUT2D eigenvalue weighted by Gasteiger charge is -2.36. The first-order valence-corrected chi connectivity index (χ1v) is 8.37. The normalized spacial score (nSPS) is 19.0. The third-order valence-electron chi connectivity index (χ3n) is 4.26. The minimum atomic E-state index is -0.581. The van der Waals surface area contributed by atoms with Gasteiger partial charge in [-0.1, -0.05) is 29.8 Å². The van der Waals surface area contributed by atoms with Crippen LogP contribution in [-0.2, 0) is 0 Å². The van der Waals surface area contributed by atoms with E-state index < -0.39 is 4.92 Å². The Labute approximate surface area is 153 Å².